The number of hydrogen-bond acceptors (Lipinski definition) is 4. The predicted molar refractivity (Wildman–Crippen MR) is 88.4 cm³/mol. The smallest absolute Gasteiger partial charge is 0.211 e. The van der Waals surface area contributed by atoms with Gasteiger partial charge in [-0.05, 0) is 23.3 Å². The van der Waals surface area contributed by atoms with E-state index in [0.29, 0.717) is 11.5 Å². The van der Waals surface area contributed by atoms with Crippen molar-refractivity contribution >= 4 is 12.2 Å². The molecule has 0 amide bonds. The minimum atomic E-state index is -0.0835. The van der Waals surface area contributed by atoms with Gasteiger partial charge in [-0.15, -0.1) is 5.10 Å². The lowest BCUT2D eigenvalue weighted by molar-refractivity contribution is 0.355. The molecule has 0 heterocycles. The first-order chi connectivity index (χ1) is 10.7. The largest absolute Gasteiger partial charge is 0.493 e. The number of hydrogen-bond donors (Lipinski definition) is 2. The Morgan fingerprint density at radius 1 is 1.00 bits per heavy atom. The molecule has 0 radical (unpaired) electrons. The molecular formula is C16H18N4O2. The van der Waals surface area contributed by atoms with Crippen LogP contribution in [-0.4, -0.2) is 26.4 Å². The molecule has 2 aromatic rings. The lowest BCUT2D eigenvalue weighted by Crippen LogP contribution is -2.21. The topological polar surface area (TPSA) is 95.2 Å². The molecule has 2 aromatic carbocycles. The fourth-order valence-corrected chi connectivity index (χ4v) is 2.03. The summed E-state index contributed by atoms with van der Waals surface area (Å²) in [7, 11) is 3.21. The summed E-state index contributed by atoms with van der Waals surface area (Å²) in [5, 5.41) is 7.47. The van der Waals surface area contributed by atoms with Gasteiger partial charge in [0.1, 0.15) is 0 Å². The highest BCUT2D eigenvalue weighted by atomic mass is 16.5. The molecule has 0 aliphatic carbocycles. The molecule has 0 spiro atoms. The maximum absolute atomic E-state index is 5.34. The number of methoxy groups -OCH3 is 2. The van der Waals surface area contributed by atoms with Crippen LogP contribution >= 0.6 is 0 Å². The molecule has 0 bridgehead atoms. The van der Waals surface area contributed by atoms with E-state index in [0.717, 1.165) is 16.7 Å². The molecule has 0 aliphatic heterocycles. The van der Waals surface area contributed by atoms with Crippen LogP contribution in [0.2, 0.25) is 0 Å². The van der Waals surface area contributed by atoms with Crippen molar-refractivity contribution in [2.24, 2.45) is 21.7 Å². The molecule has 0 fully saturated rings. The Labute approximate surface area is 129 Å². The summed E-state index contributed by atoms with van der Waals surface area (Å²) in [4.78, 5) is 0. The van der Waals surface area contributed by atoms with Gasteiger partial charge in [-0.2, -0.15) is 5.10 Å². The van der Waals surface area contributed by atoms with Crippen molar-refractivity contribution in [1.29, 1.82) is 0 Å². The maximum atomic E-state index is 5.34. The number of benzene rings is 2. The first kappa shape index (κ1) is 15.4. The third-order valence-electron chi connectivity index (χ3n) is 3.03. The molecule has 0 unspecified atom stereocenters. The van der Waals surface area contributed by atoms with Gasteiger partial charge < -0.3 is 20.9 Å². The van der Waals surface area contributed by atoms with E-state index in [9.17, 15) is 0 Å². The average molecular weight is 298 g/mol. The zero-order valence-electron chi connectivity index (χ0n) is 12.5. The van der Waals surface area contributed by atoms with Crippen LogP contribution in [0.1, 0.15) is 5.56 Å². The molecule has 6 nitrogen and oxygen atoms in total. The highest BCUT2D eigenvalue weighted by molar-refractivity contribution is 5.91. The van der Waals surface area contributed by atoms with Crippen molar-refractivity contribution in [2.45, 2.75) is 0 Å². The molecule has 0 saturated heterocycles. The molecule has 6 heteroatoms. The van der Waals surface area contributed by atoms with Gasteiger partial charge in [0.2, 0.25) is 5.96 Å². The van der Waals surface area contributed by atoms with E-state index in [2.05, 4.69) is 10.2 Å². The summed E-state index contributed by atoms with van der Waals surface area (Å²) < 4.78 is 10.6. The molecule has 0 saturated carbocycles. The van der Waals surface area contributed by atoms with Gasteiger partial charge in [0.15, 0.2) is 11.5 Å². The van der Waals surface area contributed by atoms with Crippen molar-refractivity contribution in [3.63, 3.8) is 0 Å². The molecule has 0 aromatic heterocycles. The Morgan fingerprint density at radius 2 is 1.73 bits per heavy atom. The molecule has 4 N–H and O–H groups in total. The van der Waals surface area contributed by atoms with Crippen LogP contribution < -0.4 is 20.9 Å². The monoisotopic (exact) mass is 298 g/mol. The Kier molecular flexibility index (Phi) is 4.98. The highest BCUT2D eigenvalue weighted by Crippen LogP contribution is 2.33. The Balaban J connectivity index is 2.45. The van der Waals surface area contributed by atoms with Gasteiger partial charge in [-0.1, -0.05) is 30.3 Å². The van der Waals surface area contributed by atoms with Crippen molar-refractivity contribution in [3.8, 4) is 22.6 Å². The van der Waals surface area contributed by atoms with Crippen LogP contribution in [0.4, 0.5) is 0 Å². The van der Waals surface area contributed by atoms with E-state index < -0.39 is 0 Å². The van der Waals surface area contributed by atoms with Gasteiger partial charge in [0.05, 0.1) is 20.4 Å². The summed E-state index contributed by atoms with van der Waals surface area (Å²) in [5.74, 6) is 1.26. The Morgan fingerprint density at radius 3 is 2.41 bits per heavy atom. The van der Waals surface area contributed by atoms with E-state index in [4.69, 9.17) is 20.9 Å². The van der Waals surface area contributed by atoms with E-state index in [1.165, 1.54) is 0 Å². The van der Waals surface area contributed by atoms with Crippen molar-refractivity contribution in [1.82, 2.24) is 0 Å². The first-order valence-electron chi connectivity index (χ1n) is 6.59. The predicted octanol–water partition coefficient (Wildman–Crippen LogP) is 1.98. The van der Waals surface area contributed by atoms with Crippen molar-refractivity contribution < 1.29 is 9.47 Å². The SMILES string of the molecule is COc1ccc(-c2ccccc2C=NN=C(N)N)cc1OC. The number of nitrogens with zero attached hydrogens (tertiary/aromatic N) is 2. The molecule has 0 aliphatic rings. The molecule has 0 atom stereocenters. The van der Waals surface area contributed by atoms with Crippen LogP contribution in [0.5, 0.6) is 11.5 Å². The van der Waals surface area contributed by atoms with Gasteiger partial charge >= 0.3 is 0 Å². The maximum Gasteiger partial charge on any atom is 0.211 e. The van der Waals surface area contributed by atoms with Crippen molar-refractivity contribution in [2.75, 3.05) is 14.2 Å². The zero-order valence-corrected chi connectivity index (χ0v) is 12.5. The highest BCUT2D eigenvalue weighted by Gasteiger charge is 2.08. The van der Waals surface area contributed by atoms with Crippen molar-refractivity contribution in [3.05, 3.63) is 48.0 Å². The van der Waals surface area contributed by atoms with Gasteiger partial charge in [0, 0.05) is 5.56 Å². The van der Waals surface area contributed by atoms with E-state index in [1.807, 2.05) is 42.5 Å². The Hall–Kier alpha value is -3.02. The van der Waals surface area contributed by atoms with Crippen LogP contribution in [0.15, 0.2) is 52.7 Å². The molecule has 22 heavy (non-hydrogen) atoms. The minimum absolute atomic E-state index is 0.0835. The number of rotatable bonds is 5. The lowest BCUT2D eigenvalue weighted by Gasteiger charge is -2.11. The third-order valence-corrected chi connectivity index (χ3v) is 3.03. The molecular weight excluding hydrogens is 280 g/mol. The second kappa shape index (κ2) is 7.12. The summed E-state index contributed by atoms with van der Waals surface area (Å²) >= 11 is 0. The molecule has 114 valence electrons. The third kappa shape index (κ3) is 3.54. The fourth-order valence-electron chi connectivity index (χ4n) is 2.03. The zero-order chi connectivity index (χ0) is 15.9. The van der Waals surface area contributed by atoms with Crippen LogP contribution in [0.25, 0.3) is 11.1 Å². The number of guanidine groups is 1. The summed E-state index contributed by atoms with van der Waals surface area (Å²) in [6.45, 7) is 0. The molecule has 2 rings (SSSR count). The Bertz CT molecular complexity index is 707. The second-order valence-corrected chi connectivity index (χ2v) is 4.43. The lowest BCUT2D eigenvalue weighted by atomic mass is 10.00. The minimum Gasteiger partial charge on any atom is -0.493 e. The van der Waals surface area contributed by atoms with Gasteiger partial charge in [-0.25, -0.2) is 0 Å². The van der Waals surface area contributed by atoms with E-state index in [-0.39, 0.29) is 5.96 Å². The van der Waals surface area contributed by atoms with Crippen LogP contribution in [-0.2, 0) is 0 Å². The van der Waals surface area contributed by atoms with E-state index >= 15 is 0 Å². The van der Waals surface area contributed by atoms with Gasteiger partial charge in [-0.3, -0.25) is 0 Å². The summed E-state index contributed by atoms with van der Waals surface area (Å²) in [5.41, 5.74) is 13.4. The average Bonchev–Trinajstić information content (AvgIpc) is 2.54. The summed E-state index contributed by atoms with van der Waals surface area (Å²) in [6.07, 6.45) is 1.60. The second-order valence-electron chi connectivity index (χ2n) is 4.43. The quantitative estimate of drug-likeness (QED) is 0.501. The number of ether oxygens (including phenoxy) is 2. The van der Waals surface area contributed by atoms with E-state index in [1.54, 1.807) is 20.4 Å². The standard InChI is InChI=1S/C16H18N4O2/c1-21-14-8-7-11(9-15(14)22-2)13-6-4-3-5-12(13)10-19-20-16(17)18/h3-10H,1-2H3,(H4,17,18,20). The summed E-state index contributed by atoms with van der Waals surface area (Å²) in [6, 6.07) is 13.5. The normalized spacial score (nSPS) is 10.5. The number of nitrogens with two attached hydrogens (primary N) is 2. The van der Waals surface area contributed by atoms with Crippen LogP contribution in [0.3, 0.4) is 0 Å². The van der Waals surface area contributed by atoms with Gasteiger partial charge in [0.25, 0.3) is 0 Å². The van der Waals surface area contributed by atoms with Crippen LogP contribution in [0, 0.1) is 0 Å². The first-order valence-corrected chi connectivity index (χ1v) is 6.59. The fraction of sp³-hybridized carbons (Fsp3) is 0.125.